The molecule has 1 aliphatic heterocycles. The topological polar surface area (TPSA) is 86.4 Å². The first-order valence-electron chi connectivity index (χ1n) is 9.73. The van der Waals surface area contributed by atoms with Crippen molar-refractivity contribution in [3.8, 4) is 0 Å². The Labute approximate surface area is 169 Å². The predicted molar refractivity (Wildman–Crippen MR) is 117 cm³/mol. The summed E-state index contributed by atoms with van der Waals surface area (Å²) < 4.78 is 0. The van der Waals surface area contributed by atoms with Crippen LogP contribution in [0, 0.1) is 6.92 Å². The van der Waals surface area contributed by atoms with Crippen molar-refractivity contribution in [1.82, 2.24) is 15.6 Å². The molecule has 148 valence electrons. The van der Waals surface area contributed by atoms with Gasteiger partial charge in [0.15, 0.2) is 0 Å². The largest absolute Gasteiger partial charge is 0.397 e. The Balaban J connectivity index is 1.34. The van der Waals surface area contributed by atoms with Crippen LogP contribution in [0.5, 0.6) is 0 Å². The number of nitrogens with two attached hydrogens (primary N) is 1. The van der Waals surface area contributed by atoms with Crippen LogP contribution in [0.3, 0.4) is 0 Å². The van der Waals surface area contributed by atoms with E-state index in [9.17, 15) is 5.11 Å². The lowest BCUT2D eigenvalue weighted by Crippen LogP contribution is -2.43. The molecule has 5 N–H and O–H groups in total. The molecule has 7 heteroatoms. The van der Waals surface area contributed by atoms with Crippen LogP contribution < -0.4 is 21.3 Å². The third-order valence-electron chi connectivity index (χ3n) is 5.18. The standard InChI is InChI=1S/C21H27N5OS/c1-14-2-7-17-18(22)19(28-21(17)25-14)20(27)24-9-8-15-3-5-16(6-4-15)26-12-10-23-11-13-26/h2-7,20,23-24,27H,8-13,22H2,1H3. The predicted octanol–water partition coefficient (Wildman–Crippen LogP) is 2.42. The van der Waals surface area contributed by atoms with Gasteiger partial charge in [0.25, 0.3) is 0 Å². The Hall–Kier alpha value is -2.19. The molecule has 0 radical (unpaired) electrons. The Morgan fingerprint density at radius 2 is 1.96 bits per heavy atom. The summed E-state index contributed by atoms with van der Waals surface area (Å²) in [6.07, 6.45) is 0.0701. The highest BCUT2D eigenvalue weighted by Gasteiger charge is 2.17. The lowest BCUT2D eigenvalue weighted by molar-refractivity contribution is 0.144. The maximum absolute atomic E-state index is 10.5. The van der Waals surface area contributed by atoms with E-state index in [-0.39, 0.29) is 0 Å². The van der Waals surface area contributed by atoms with Gasteiger partial charge in [-0.25, -0.2) is 4.98 Å². The van der Waals surface area contributed by atoms with Crippen molar-refractivity contribution in [2.45, 2.75) is 19.6 Å². The Morgan fingerprint density at radius 3 is 2.71 bits per heavy atom. The van der Waals surface area contributed by atoms with Crippen molar-refractivity contribution < 1.29 is 5.11 Å². The molecule has 1 unspecified atom stereocenters. The van der Waals surface area contributed by atoms with Gasteiger partial charge in [0.1, 0.15) is 11.1 Å². The van der Waals surface area contributed by atoms with Gasteiger partial charge in [-0.05, 0) is 43.2 Å². The van der Waals surface area contributed by atoms with Gasteiger partial charge in [0.05, 0.1) is 10.6 Å². The number of piperazine rings is 1. The number of aliphatic hydroxyl groups excluding tert-OH is 1. The molecule has 1 saturated heterocycles. The number of nitrogens with one attached hydrogen (secondary N) is 2. The summed E-state index contributed by atoms with van der Waals surface area (Å²) in [5.41, 5.74) is 10.3. The summed E-state index contributed by atoms with van der Waals surface area (Å²) in [5.74, 6) is 0. The Kier molecular flexibility index (Phi) is 5.77. The maximum Gasteiger partial charge on any atom is 0.142 e. The number of nitrogen functional groups attached to an aromatic ring is 1. The van der Waals surface area contributed by atoms with Gasteiger partial charge in [0.2, 0.25) is 0 Å². The number of rotatable bonds is 6. The van der Waals surface area contributed by atoms with Gasteiger partial charge in [-0.1, -0.05) is 12.1 Å². The van der Waals surface area contributed by atoms with E-state index < -0.39 is 6.23 Å². The lowest BCUT2D eigenvalue weighted by Gasteiger charge is -2.29. The van der Waals surface area contributed by atoms with E-state index in [2.05, 4.69) is 44.8 Å². The SMILES string of the molecule is Cc1ccc2c(N)c(C(O)NCCc3ccc(N4CCNCC4)cc3)sc2n1. The number of benzene rings is 1. The monoisotopic (exact) mass is 397 g/mol. The quantitative estimate of drug-likeness (QED) is 0.478. The van der Waals surface area contributed by atoms with Crippen molar-refractivity contribution in [2.24, 2.45) is 0 Å². The van der Waals surface area contributed by atoms with Crippen LogP contribution in [0.25, 0.3) is 10.2 Å². The second-order valence-electron chi connectivity index (χ2n) is 7.20. The third kappa shape index (κ3) is 4.12. The number of thiophene rings is 1. The first-order chi connectivity index (χ1) is 13.6. The normalized spacial score (nSPS) is 15.9. The summed E-state index contributed by atoms with van der Waals surface area (Å²) in [7, 11) is 0. The van der Waals surface area contributed by atoms with Crippen molar-refractivity contribution >= 4 is 32.9 Å². The number of hydrogen-bond acceptors (Lipinski definition) is 7. The van der Waals surface area contributed by atoms with E-state index in [4.69, 9.17) is 5.73 Å². The number of hydrogen-bond donors (Lipinski definition) is 4. The van der Waals surface area contributed by atoms with E-state index >= 15 is 0 Å². The number of pyridine rings is 1. The minimum Gasteiger partial charge on any atom is -0.397 e. The molecule has 3 heterocycles. The molecule has 3 aromatic rings. The molecule has 4 rings (SSSR count). The minimum atomic E-state index is -0.778. The Bertz CT molecular complexity index is 934. The number of aryl methyl sites for hydroxylation is 1. The molecule has 28 heavy (non-hydrogen) atoms. The molecule has 1 aromatic carbocycles. The van der Waals surface area contributed by atoms with Crippen LogP contribution in [0.15, 0.2) is 36.4 Å². The fourth-order valence-corrected chi connectivity index (χ4v) is 4.65. The van der Waals surface area contributed by atoms with E-state index in [1.165, 1.54) is 22.6 Å². The molecule has 0 spiro atoms. The average Bonchev–Trinajstić information content (AvgIpc) is 3.05. The van der Waals surface area contributed by atoms with Crippen LogP contribution in [0.4, 0.5) is 11.4 Å². The smallest absolute Gasteiger partial charge is 0.142 e. The second kappa shape index (κ2) is 8.45. The molecule has 6 nitrogen and oxygen atoms in total. The minimum absolute atomic E-state index is 0.618. The molecule has 1 atom stereocenters. The van der Waals surface area contributed by atoms with Crippen LogP contribution in [0.1, 0.15) is 22.4 Å². The van der Waals surface area contributed by atoms with E-state index in [1.54, 1.807) is 0 Å². The summed E-state index contributed by atoms with van der Waals surface area (Å²) in [6, 6.07) is 12.6. The Morgan fingerprint density at radius 1 is 1.21 bits per heavy atom. The number of aromatic nitrogens is 1. The maximum atomic E-state index is 10.5. The zero-order valence-corrected chi connectivity index (χ0v) is 16.9. The summed E-state index contributed by atoms with van der Waals surface area (Å²) in [4.78, 5) is 8.52. The molecule has 0 saturated carbocycles. The molecule has 0 aliphatic carbocycles. The fraction of sp³-hybridized carbons (Fsp3) is 0.381. The van der Waals surface area contributed by atoms with Crippen molar-refractivity contribution in [3.63, 3.8) is 0 Å². The van der Waals surface area contributed by atoms with Crippen molar-refractivity contribution in [2.75, 3.05) is 43.4 Å². The van der Waals surface area contributed by atoms with Crippen molar-refractivity contribution in [1.29, 1.82) is 0 Å². The summed E-state index contributed by atoms with van der Waals surface area (Å²) >= 11 is 1.45. The highest BCUT2D eigenvalue weighted by atomic mass is 32.1. The van der Waals surface area contributed by atoms with Crippen LogP contribution in [-0.2, 0) is 6.42 Å². The van der Waals surface area contributed by atoms with Crippen LogP contribution in [0.2, 0.25) is 0 Å². The molecule has 1 fully saturated rings. The second-order valence-corrected chi connectivity index (χ2v) is 8.23. The van der Waals surface area contributed by atoms with Gasteiger partial charge in [-0.15, -0.1) is 11.3 Å². The molecule has 0 amide bonds. The fourth-order valence-electron chi connectivity index (χ4n) is 3.55. The van der Waals surface area contributed by atoms with Crippen LogP contribution >= 0.6 is 11.3 Å². The van der Waals surface area contributed by atoms with Crippen molar-refractivity contribution in [3.05, 3.63) is 52.5 Å². The number of fused-ring (bicyclic) bond motifs is 1. The van der Waals surface area contributed by atoms with Gasteiger partial charge < -0.3 is 21.1 Å². The van der Waals surface area contributed by atoms with Gasteiger partial charge >= 0.3 is 0 Å². The molecule has 0 bridgehead atoms. The van der Waals surface area contributed by atoms with Gasteiger partial charge in [-0.3, -0.25) is 5.32 Å². The third-order valence-corrected chi connectivity index (χ3v) is 6.35. The average molecular weight is 398 g/mol. The van der Waals surface area contributed by atoms with Gasteiger partial charge in [-0.2, -0.15) is 0 Å². The van der Waals surface area contributed by atoms with E-state index in [0.717, 1.165) is 53.4 Å². The first-order valence-corrected chi connectivity index (χ1v) is 10.5. The highest BCUT2D eigenvalue weighted by molar-refractivity contribution is 7.19. The number of aliphatic hydroxyl groups is 1. The summed E-state index contributed by atoms with van der Waals surface area (Å²) in [6.45, 7) is 6.82. The van der Waals surface area contributed by atoms with E-state index in [1.807, 2.05) is 19.1 Å². The van der Waals surface area contributed by atoms with Crippen LogP contribution in [-0.4, -0.2) is 42.8 Å². The van der Waals surface area contributed by atoms with E-state index in [0.29, 0.717) is 12.2 Å². The zero-order chi connectivity index (χ0) is 19.5. The highest BCUT2D eigenvalue weighted by Crippen LogP contribution is 2.35. The first kappa shape index (κ1) is 19.1. The summed E-state index contributed by atoms with van der Waals surface area (Å²) in [5, 5.41) is 18.0. The molecule has 2 aromatic heterocycles. The number of anilines is 2. The zero-order valence-electron chi connectivity index (χ0n) is 16.1. The molecular weight excluding hydrogens is 370 g/mol. The van der Waals surface area contributed by atoms with Gasteiger partial charge in [0, 0.05) is 49.5 Å². The number of nitrogens with zero attached hydrogens (tertiary/aromatic N) is 2. The molecule has 1 aliphatic rings. The lowest BCUT2D eigenvalue weighted by atomic mass is 10.1. The molecular formula is C21H27N5OS.